The summed E-state index contributed by atoms with van der Waals surface area (Å²) in [6, 6.07) is 8.23. The predicted molar refractivity (Wildman–Crippen MR) is 63.9 cm³/mol. The first-order valence-electron chi connectivity index (χ1n) is 5.13. The summed E-state index contributed by atoms with van der Waals surface area (Å²) in [6.07, 6.45) is 1.96. The molecule has 0 spiro atoms. The smallest absolute Gasteiger partial charge is 0.118 e. The number of ether oxygens (including phenoxy) is 1. The van der Waals surface area contributed by atoms with Gasteiger partial charge in [0.1, 0.15) is 12.3 Å². The van der Waals surface area contributed by atoms with Gasteiger partial charge in [-0.05, 0) is 30.3 Å². The minimum absolute atomic E-state index is 0. The van der Waals surface area contributed by atoms with E-state index in [-0.39, 0.29) is 24.0 Å². The van der Waals surface area contributed by atoms with Crippen molar-refractivity contribution < 1.29 is 33.2 Å². The highest BCUT2D eigenvalue weighted by atomic mass is 127. The van der Waals surface area contributed by atoms with E-state index in [1.54, 1.807) is 7.11 Å². The molecule has 0 saturated heterocycles. The van der Waals surface area contributed by atoms with Crippen molar-refractivity contribution in [1.82, 2.24) is 0 Å². The maximum atomic E-state index is 5.13. The zero-order valence-electron chi connectivity index (χ0n) is 10.2. The fourth-order valence-corrected chi connectivity index (χ4v) is 1.64. The Morgan fingerprint density at radius 1 is 1.25 bits per heavy atom. The molecule has 0 aliphatic heterocycles. The minimum Gasteiger partial charge on any atom is -1.00 e. The summed E-state index contributed by atoms with van der Waals surface area (Å²) in [4.78, 5) is 0. The van der Waals surface area contributed by atoms with Crippen LogP contribution < -0.4 is 28.7 Å². The molecule has 0 bridgehead atoms. The highest BCUT2D eigenvalue weighted by Gasteiger charge is 2.13. The largest absolute Gasteiger partial charge is 1.00 e. The lowest BCUT2D eigenvalue weighted by Gasteiger charge is -2.28. The lowest BCUT2D eigenvalue weighted by Crippen LogP contribution is -3.00. The van der Waals surface area contributed by atoms with Crippen LogP contribution in [0.5, 0.6) is 5.75 Å². The van der Waals surface area contributed by atoms with Gasteiger partial charge in [-0.25, -0.2) is 0 Å². The van der Waals surface area contributed by atoms with Crippen LogP contribution in [-0.4, -0.2) is 32.2 Å². The van der Waals surface area contributed by atoms with Crippen LogP contribution in [-0.2, 0) is 6.54 Å². The van der Waals surface area contributed by atoms with Crippen LogP contribution in [0.3, 0.4) is 0 Å². The van der Waals surface area contributed by atoms with E-state index in [2.05, 4.69) is 32.8 Å². The van der Waals surface area contributed by atoms with Crippen molar-refractivity contribution in [2.75, 3.05) is 27.7 Å². The second-order valence-corrected chi connectivity index (χ2v) is 4.41. The molecule has 0 unspecified atom stereocenters. The summed E-state index contributed by atoms with van der Waals surface area (Å²) in [5, 5.41) is 0. The highest BCUT2D eigenvalue weighted by Crippen LogP contribution is 2.14. The average Bonchev–Trinajstić information content (AvgIpc) is 2.18. The molecule has 1 aromatic carbocycles. The fourth-order valence-electron chi connectivity index (χ4n) is 1.64. The van der Waals surface area contributed by atoms with Crippen molar-refractivity contribution in [1.29, 1.82) is 0 Å². The van der Waals surface area contributed by atoms with Crippen molar-refractivity contribution in [3.63, 3.8) is 0 Å². The number of benzene rings is 1. The maximum absolute atomic E-state index is 5.13. The van der Waals surface area contributed by atoms with Crippen LogP contribution in [0.15, 0.2) is 36.9 Å². The van der Waals surface area contributed by atoms with Gasteiger partial charge < -0.3 is 33.2 Å². The third-order valence-electron chi connectivity index (χ3n) is 2.39. The number of nitrogens with zero attached hydrogens (tertiary/aromatic N) is 1. The van der Waals surface area contributed by atoms with E-state index in [0.717, 1.165) is 23.3 Å². The first kappa shape index (κ1) is 15.4. The van der Waals surface area contributed by atoms with Crippen molar-refractivity contribution in [3.05, 3.63) is 42.5 Å². The Morgan fingerprint density at radius 3 is 2.25 bits per heavy atom. The Morgan fingerprint density at radius 2 is 1.81 bits per heavy atom. The Hall–Kier alpha value is -0.550. The van der Waals surface area contributed by atoms with E-state index in [0.29, 0.717) is 0 Å². The number of methoxy groups -OCH3 is 1. The molecule has 0 aromatic heterocycles. The standard InChI is InChI=1S/C13H20NO.HI/c1-5-10-14(2,3)11-12-6-8-13(15-4)9-7-12;/h5-9H,1,10-11H2,2-4H3;1H/q+1;/p-1. The Balaban J connectivity index is 0.00000225. The highest BCUT2D eigenvalue weighted by molar-refractivity contribution is 5.26. The summed E-state index contributed by atoms with van der Waals surface area (Å²) in [5.74, 6) is 0.910. The van der Waals surface area contributed by atoms with E-state index in [4.69, 9.17) is 4.74 Å². The lowest BCUT2D eigenvalue weighted by atomic mass is 10.2. The van der Waals surface area contributed by atoms with E-state index in [9.17, 15) is 0 Å². The number of likely N-dealkylation sites (N-methyl/N-ethyl adjacent to an activating group) is 1. The molecule has 1 rings (SSSR count). The third-order valence-corrected chi connectivity index (χ3v) is 2.39. The summed E-state index contributed by atoms with van der Waals surface area (Å²) in [6.45, 7) is 5.77. The zero-order chi connectivity index (χ0) is 11.3. The summed E-state index contributed by atoms with van der Waals surface area (Å²) in [7, 11) is 6.09. The lowest BCUT2D eigenvalue weighted by molar-refractivity contribution is -0.897. The quantitative estimate of drug-likeness (QED) is 0.400. The molecule has 0 saturated carbocycles. The van der Waals surface area contributed by atoms with Crippen LogP contribution in [0.4, 0.5) is 0 Å². The van der Waals surface area contributed by atoms with Gasteiger partial charge >= 0.3 is 0 Å². The molecule has 0 atom stereocenters. The van der Waals surface area contributed by atoms with Crippen LogP contribution >= 0.6 is 0 Å². The van der Waals surface area contributed by atoms with E-state index >= 15 is 0 Å². The van der Waals surface area contributed by atoms with Gasteiger partial charge in [-0.1, -0.05) is 6.58 Å². The molecule has 3 heteroatoms. The number of hydrogen-bond donors (Lipinski definition) is 0. The van der Waals surface area contributed by atoms with Crippen molar-refractivity contribution in [2.24, 2.45) is 0 Å². The first-order chi connectivity index (χ1) is 7.07. The molecule has 0 heterocycles. The van der Waals surface area contributed by atoms with E-state index in [1.165, 1.54) is 5.56 Å². The predicted octanol–water partition coefficient (Wildman–Crippen LogP) is -0.538. The molecule has 1 aromatic rings. The Kier molecular flexibility index (Phi) is 6.67. The SMILES string of the molecule is C=CC[N+](C)(C)Cc1ccc(OC)cc1.[I-]. The van der Waals surface area contributed by atoms with Crippen LogP contribution in [0.2, 0.25) is 0 Å². The van der Waals surface area contributed by atoms with Gasteiger partial charge in [-0.2, -0.15) is 0 Å². The van der Waals surface area contributed by atoms with Gasteiger partial charge in [0.15, 0.2) is 0 Å². The summed E-state index contributed by atoms with van der Waals surface area (Å²) < 4.78 is 6.05. The van der Waals surface area contributed by atoms with Crippen LogP contribution in [0.1, 0.15) is 5.56 Å². The van der Waals surface area contributed by atoms with Crippen LogP contribution in [0, 0.1) is 0 Å². The average molecular weight is 333 g/mol. The first-order valence-corrected chi connectivity index (χ1v) is 5.13. The Labute approximate surface area is 116 Å². The van der Waals surface area contributed by atoms with Crippen LogP contribution in [0.25, 0.3) is 0 Å². The Bertz CT molecular complexity index is 319. The molecule has 0 N–H and O–H groups in total. The van der Waals surface area contributed by atoms with Gasteiger partial charge in [0.05, 0.1) is 27.7 Å². The topological polar surface area (TPSA) is 9.23 Å². The van der Waals surface area contributed by atoms with Crippen molar-refractivity contribution >= 4 is 0 Å². The zero-order valence-corrected chi connectivity index (χ0v) is 12.4. The second kappa shape index (κ2) is 6.91. The number of quaternary nitrogens is 1. The monoisotopic (exact) mass is 333 g/mol. The minimum atomic E-state index is 0. The number of hydrogen-bond acceptors (Lipinski definition) is 1. The molecule has 0 aliphatic rings. The summed E-state index contributed by atoms with van der Waals surface area (Å²) >= 11 is 0. The third kappa shape index (κ3) is 4.99. The van der Waals surface area contributed by atoms with Gasteiger partial charge in [-0.3, -0.25) is 0 Å². The van der Waals surface area contributed by atoms with E-state index < -0.39 is 0 Å². The molecule has 0 aliphatic carbocycles. The van der Waals surface area contributed by atoms with Gasteiger partial charge in [0.2, 0.25) is 0 Å². The molecule has 0 radical (unpaired) electrons. The van der Waals surface area contributed by atoms with Crippen molar-refractivity contribution in [2.45, 2.75) is 6.54 Å². The number of rotatable bonds is 5. The molecule has 2 nitrogen and oxygen atoms in total. The molecule has 0 fully saturated rings. The van der Waals surface area contributed by atoms with E-state index in [1.807, 2.05) is 18.2 Å². The maximum Gasteiger partial charge on any atom is 0.118 e. The van der Waals surface area contributed by atoms with Crippen molar-refractivity contribution in [3.8, 4) is 5.75 Å². The van der Waals surface area contributed by atoms with Gasteiger partial charge in [0.25, 0.3) is 0 Å². The molecule has 16 heavy (non-hydrogen) atoms. The number of halogens is 1. The molecular weight excluding hydrogens is 313 g/mol. The normalized spacial score (nSPS) is 10.4. The molecule has 0 amide bonds. The van der Waals surface area contributed by atoms with Gasteiger partial charge in [0, 0.05) is 5.56 Å². The second-order valence-electron chi connectivity index (χ2n) is 4.41. The fraction of sp³-hybridized carbons (Fsp3) is 0.385. The molecule has 90 valence electrons. The molecular formula is C13H20INO. The summed E-state index contributed by atoms with van der Waals surface area (Å²) in [5.41, 5.74) is 1.32. The van der Waals surface area contributed by atoms with Gasteiger partial charge in [-0.15, -0.1) is 0 Å².